The first kappa shape index (κ1) is 11.0. The predicted molar refractivity (Wildman–Crippen MR) is 62.1 cm³/mol. The van der Waals surface area contributed by atoms with Gasteiger partial charge in [0, 0.05) is 12.4 Å². The Morgan fingerprint density at radius 2 is 2.18 bits per heavy atom. The molecule has 0 spiro atoms. The summed E-state index contributed by atoms with van der Waals surface area (Å²) in [6, 6.07) is 6.65. The number of hydrogen-bond acceptors (Lipinski definition) is 4. The maximum atomic E-state index is 11.7. The Morgan fingerprint density at radius 1 is 1.47 bits per heavy atom. The summed E-state index contributed by atoms with van der Waals surface area (Å²) in [4.78, 5) is 11.7. The lowest BCUT2D eigenvalue weighted by Gasteiger charge is -2.09. The van der Waals surface area contributed by atoms with Crippen molar-refractivity contribution in [3.05, 3.63) is 34.1 Å². The van der Waals surface area contributed by atoms with E-state index in [1.807, 2.05) is 0 Å². The highest BCUT2D eigenvalue weighted by atomic mass is 16.5. The average molecular weight is 230 g/mol. The van der Waals surface area contributed by atoms with Crippen molar-refractivity contribution in [2.75, 3.05) is 7.11 Å². The number of rotatable bonds is 1. The van der Waals surface area contributed by atoms with Crippen LogP contribution in [0.15, 0.2) is 23.0 Å². The number of methoxy groups -OCH3 is 1. The van der Waals surface area contributed by atoms with E-state index < -0.39 is 5.56 Å². The molecule has 0 atom stereocenters. The van der Waals surface area contributed by atoms with Gasteiger partial charge < -0.3 is 14.4 Å². The van der Waals surface area contributed by atoms with E-state index in [-0.39, 0.29) is 11.3 Å². The molecule has 0 radical (unpaired) electrons. The van der Waals surface area contributed by atoms with Crippen LogP contribution in [-0.2, 0) is 7.05 Å². The second-order valence-electron chi connectivity index (χ2n) is 3.58. The van der Waals surface area contributed by atoms with Crippen LogP contribution in [0.4, 0.5) is 0 Å². The van der Waals surface area contributed by atoms with Crippen molar-refractivity contribution < 1.29 is 9.84 Å². The zero-order valence-electron chi connectivity index (χ0n) is 9.39. The monoisotopic (exact) mass is 230 g/mol. The summed E-state index contributed by atoms with van der Waals surface area (Å²) in [6.07, 6.45) is 0. The topological polar surface area (TPSA) is 75.2 Å². The molecule has 0 bridgehead atoms. The van der Waals surface area contributed by atoms with Gasteiger partial charge in [-0.2, -0.15) is 5.26 Å². The van der Waals surface area contributed by atoms with Gasteiger partial charge in [0.1, 0.15) is 17.6 Å². The molecule has 0 aliphatic rings. The first-order valence-corrected chi connectivity index (χ1v) is 4.90. The second-order valence-corrected chi connectivity index (χ2v) is 3.58. The van der Waals surface area contributed by atoms with Gasteiger partial charge in [-0.15, -0.1) is 0 Å². The highest BCUT2D eigenvalue weighted by Crippen LogP contribution is 2.28. The minimum Gasteiger partial charge on any atom is -0.506 e. The molecule has 0 saturated carbocycles. The Kier molecular flexibility index (Phi) is 2.48. The largest absolute Gasteiger partial charge is 0.506 e. The zero-order valence-corrected chi connectivity index (χ0v) is 9.39. The van der Waals surface area contributed by atoms with Crippen molar-refractivity contribution >= 4 is 10.9 Å². The Hall–Kier alpha value is -2.48. The summed E-state index contributed by atoms with van der Waals surface area (Å²) < 4.78 is 6.37. The van der Waals surface area contributed by atoms with Gasteiger partial charge in [-0.3, -0.25) is 4.79 Å². The molecule has 5 heteroatoms. The summed E-state index contributed by atoms with van der Waals surface area (Å²) >= 11 is 0. The minimum atomic E-state index is -0.511. The number of aryl methyl sites for hydroxylation is 1. The first-order chi connectivity index (χ1) is 8.10. The minimum absolute atomic E-state index is 0.256. The molecule has 86 valence electrons. The summed E-state index contributed by atoms with van der Waals surface area (Å²) in [5.74, 6) is 0.250. The predicted octanol–water partition coefficient (Wildman–Crippen LogP) is 1.12. The Labute approximate surface area is 97.1 Å². The number of benzene rings is 1. The maximum absolute atomic E-state index is 11.7. The van der Waals surface area contributed by atoms with E-state index >= 15 is 0 Å². The van der Waals surface area contributed by atoms with Crippen LogP contribution in [0.3, 0.4) is 0 Å². The van der Waals surface area contributed by atoms with Crippen LogP contribution < -0.4 is 10.3 Å². The Morgan fingerprint density at radius 3 is 2.76 bits per heavy atom. The summed E-state index contributed by atoms with van der Waals surface area (Å²) in [7, 11) is 3.06. The Balaban J connectivity index is 3.00. The highest BCUT2D eigenvalue weighted by Gasteiger charge is 2.14. The van der Waals surface area contributed by atoms with Crippen LogP contribution in [-0.4, -0.2) is 16.8 Å². The molecular formula is C12H10N2O3. The lowest BCUT2D eigenvalue weighted by molar-refractivity contribution is 0.415. The van der Waals surface area contributed by atoms with E-state index in [2.05, 4.69) is 0 Å². The van der Waals surface area contributed by atoms with Gasteiger partial charge in [0.2, 0.25) is 0 Å². The van der Waals surface area contributed by atoms with Crippen LogP contribution in [0, 0.1) is 11.3 Å². The number of nitriles is 1. The van der Waals surface area contributed by atoms with Gasteiger partial charge >= 0.3 is 0 Å². The molecule has 5 nitrogen and oxygen atoms in total. The fourth-order valence-electron chi connectivity index (χ4n) is 1.74. The molecule has 1 N–H and O–H groups in total. The van der Waals surface area contributed by atoms with Gasteiger partial charge in [-0.25, -0.2) is 0 Å². The van der Waals surface area contributed by atoms with Crippen molar-refractivity contribution in [3.8, 4) is 17.6 Å². The fourth-order valence-corrected chi connectivity index (χ4v) is 1.74. The zero-order chi connectivity index (χ0) is 12.6. The third kappa shape index (κ3) is 1.51. The third-order valence-corrected chi connectivity index (χ3v) is 2.69. The Bertz CT molecular complexity index is 695. The van der Waals surface area contributed by atoms with Crippen LogP contribution in [0.2, 0.25) is 0 Å². The molecule has 2 aromatic rings. The molecule has 2 rings (SSSR count). The number of pyridine rings is 1. The van der Waals surface area contributed by atoms with E-state index in [9.17, 15) is 9.90 Å². The molecule has 0 aliphatic heterocycles. The SMILES string of the molecule is COc1ccc2c(c1)c(O)c(C#N)c(=O)n2C. The van der Waals surface area contributed by atoms with E-state index in [1.54, 1.807) is 31.3 Å². The maximum Gasteiger partial charge on any atom is 0.272 e. The van der Waals surface area contributed by atoms with E-state index in [0.29, 0.717) is 16.7 Å². The van der Waals surface area contributed by atoms with Crippen molar-refractivity contribution in [1.29, 1.82) is 5.26 Å². The van der Waals surface area contributed by atoms with Gasteiger partial charge in [-0.1, -0.05) is 0 Å². The van der Waals surface area contributed by atoms with Gasteiger partial charge in [0.15, 0.2) is 5.56 Å². The number of aromatic nitrogens is 1. The van der Waals surface area contributed by atoms with Crippen LogP contribution in [0.5, 0.6) is 11.5 Å². The highest BCUT2D eigenvalue weighted by molar-refractivity contribution is 5.88. The molecular weight excluding hydrogens is 220 g/mol. The van der Waals surface area contributed by atoms with Crippen LogP contribution in [0.1, 0.15) is 5.56 Å². The second kappa shape index (κ2) is 3.83. The van der Waals surface area contributed by atoms with Gasteiger partial charge in [0.25, 0.3) is 5.56 Å². The van der Waals surface area contributed by atoms with Crippen LogP contribution >= 0.6 is 0 Å². The molecule has 0 amide bonds. The number of ether oxygens (including phenoxy) is 1. The number of fused-ring (bicyclic) bond motifs is 1. The summed E-state index contributed by atoms with van der Waals surface area (Å²) in [6.45, 7) is 0. The quantitative estimate of drug-likeness (QED) is 0.796. The van der Waals surface area contributed by atoms with Crippen molar-refractivity contribution in [3.63, 3.8) is 0 Å². The average Bonchev–Trinajstić information content (AvgIpc) is 2.36. The molecule has 0 unspecified atom stereocenters. The molecule has 17 heavy (non-hydrogen) atoms. The van der Waals surface area contributed by atoms with Gasteiger partial charge in [-0.05, 0) is 18.2 Å². The van der Waals surface area contributed by atoms with E-state index in [1.165, 1.54) is 11.7 Å². The number of nitrogens with zero attached hydrogens (tertiary/aromatic N) is 2. The smallest absolute Gasteiger partial charge is 0.272 e. The lowest BCUT2D eigenvalue weighted by Crippen LogP contribution is -2.20. The lowest BCUT2D eigenvalue weighted by atomic mass is 10.1. The molecule has 0 saturated heterocycles. The number of hydrogen-bond donors (Lipinski definition) is 1. The van der Waals surface area contributed by atoms with E-state index in [0.717, 1.165) is 0 Å². The fraction of sp³-hybridized carbons (Fsp3) is 0.167. The van der Waals surface area contributed by atoms with Crippen LogP contribution in [0.25, 0.3) is 10.9 Å². The van der Waals surface area contributed by atoms with Crippen molar-refractivity contribution in [1.82, 2.24) is 4.57 Å². The molecule has 0 aliphatic carbocycles. The summed E-state index contributed by atoms with van der Waals surface area (Å²) in [5.41, 5.74) is -0.219. The summed E-state index contributed by atoms with van der Waals surface area (Å²) in [5, 5.41) is 19.2. The van der Waals surface area contributed by atoms with Crippen molar-refractivity contribution in [2.45, 2.75) is 0 Å². The molecule has 1 aromatic heterocycles. The molecule has 0 fully saturated rings. The molecule has 1 heterocycles. The third-order valence-electron chi connectivity index (χ3n) is 2.69. The first-order valence-electron chi connectivity index (χ1n) is 4.90. The van der Waals surface area contributed by atoms with Crippen molar-refractivity contribution in [2.24, 2.45) is 7.05 Å². The normalized spacial score (nSPS) is 10.2. The standard InChI is InChI=1S/C12H10N2O3/c1-14-10-4-3-7(17-2)5-8(10)11(15)9(6-13)12(14)16/h3-5,15H,1-2H3. The number of aromatic hydroxyl groups is 1. The molecule has 1 aromatic carbocycles. The van der Waals surface area contributed by atoms with E-state index in [4.69, 9.17) is 10.00 Å². The van der Waals surface area contributed by atoms with Gasteiger partial charge in [0.05, 0.1) is 12.6 Å².